The highest BCUT2D eigenvalue weighted by atomic mass is 15.2. The van der Waals surface area contributed by atoms with Gasteiger partial charge in [0.15, 0.2) is 0 Å². The Bertz CT molecular complexity index is 201. The van der Waals surface area contributed by atoms with Crippen LogP contribution >= 0.6 is 0 Å². The molecular weight excluding hydrogens is 220 g/mol. The number of likely N-dealkylation sites (N-methyl/N-ethyl adjacent to an activating group) is 1. The Labute approximate surface area is 116 Å². The van der Waals surface area contributed by atoms with Crippen LogP contribution in [-0.2, 0) is 0 Å². The van der Waals surface area contributed by atoms with E-state index in [1.165, 1.54) is 32.1 Å². The fraction of sp³-hybridized carbons (Fsp3) is 1.00. The summed E-state index contributed by atoms with van der Waals surface area (Å²) in [6, 6.07) is 1.28. The zero-order valence-electron chi connectivity index (χ0n) is 13.8. The van der Waals surface area contributed by atoms with Crippen LogP contribution in [0.5, 0.6) is 0 Å². The van der Waals surface area contributed by atoms with Crippen LogP contribution in [0.15, 0.2) is 0 Å². The van der Waals surface area contributed by atoms with Crippen LogP contribution in [0.3, 0.4) is 0 Å². The second-order valence-electron chi connectivity index (χ2n) is 6.10. The molecule has 0 aliphatic heterocycles. The minimum Gasteiger partial charge on any atom is -0.312 e. The quantitative estimate of drug-likeness (QED) is 0.634. The molecule has 2 atom stereocenters. The van der Waals surface area contributed by atoms with Crippen molar-refractivity contribution in [2.45, 2.75) is 91.3 Å². The molecule has 0 aliphatic carbocycles. The molecule has 0 fully saturated rings. The summed E-state index contributed by atoms with van der Waals surface area (Å²) >= 11 is 0. The van der Waals surface area contributed by atoms with Crippen LogP contribution in [0.25, 0.3) is 0 Å². The predicted octanol–water partition coefficient (Wildman–Crippen LogP) is 4.05. The van der Waals surface area contributed by atoms with Gasteiger partial charge < -0.3 is 5.32 Å². The minimum absolute atomic E-state index is 0.292. The maximum absolute atomic E-state index is 3.76. The maximum atomic E-state index is 3.76. The molecule has 0 spiro atoms. The second-order valence-corrected chi connectivity index (χ2v) is 6.10. The van der Waals surface area contributed by atoms with Crippen LogP contribution in [0.2, 0.25) is 0 Å². The first-order valence-electron chi connectivity index (χ1n) is 7.90. The van der Waals surface area contributed by atoms with E-state index in [0.717, 1.165) is 6.54 Å². The average Bonchev–Trinajstić information content (AvgIpc) is 2.36. The summed E-state index contributed by atoms with van der Waals surface area (Å²) in [6.45, 7) is 15.0. The van der Waals surface area contributed by atoms with Gasteiger partial charge in [-0.15, -0.1) is 0 Å². The molecular formula is C16H36N2. The monoisotopic (exact) mass is 256 g/mol. The Morgan fingerprint density at radius 1 is 1.06 bits per heavy atom. The molecule has 0 saturated heterocycles. The molecule has 2 heteroatoms. The molecule has 0 rings (SSSR count). The van der Waals surface area contributed by atoms with Gasteiger partial charge in [-0.25, -0.2) is 0 Å². The van der Waals surface area contributed by atoms with E-state index >= 15 is 0 Å². The first-order valence-corrected chi connectivity index (χ1v) is 7.90. The highest BCUT2D eigenvalue weighted by Gasteiger charge is 2.31. The zero-order chi connectivity index (χ0) is 14.2. The van der Waals surface area contributed by atoms with Crippen molar-refractivity contribution in [3.63, 3.8) is 0 Å². The third-order valence-corrected chi connectivity index (χ3v) is 4.46. The summed E-state index contributed by atoms with van der Waals surface area (Å²) in [5.74, 6) is 0. The highest BCUT2D eigenvalue weighted by molar-refractivity contribution is 4.89. The summed E-state index contributed by atoms with van der Waals surface area (Å²) in [6.07, 6.45) is 6.19. The Balaban J connectivity index is 4.76. The van der Waals surface area contributed by atoms with Crippen LogP contribution in [0.4, 0.5) is 0 Å². The third-order valence-electron chi connectivity index (χ3n) is 4.46. The fourth-order valence-corrected chi connectivity index (χ4v) is 2.60. The second kappa shape index (κ2) is 8.92. The minimum atomic E-state index is 0.292. The Morgan fingerprint density at radius 3 is 2.06 bits per heavy atom. The van der Waals surface area contributed by atoms with E-state index in [1.54, 1.807) is 0 Å². The summed E-state index contributed by atoms with van der Waals surface area (Å²) in [4.78, 5) is 2.59. The molecule has 0 heterocycles. The molecule has 1 N–H and O–H groups in total. The third kappa shape index (κ3) is 5.27. The number of hydrogen-bond acceptors (Lipinski definition) is 2. The lowest BCUT2D eigenvalue weighted by molar-refractivity contribution is 0.0689. The van der Waals surface area contributed by atoms with Crippen LogP contribution < -0.4 is 5.32 Å². The number of nitrogens with zero attached hydrogens (tertiary/aromatic N) is 1. The first-order chi connectivity index (χ1) is 8.44. The van der Waals surface area contributed by atoms with Gasteiger partial charge in [-0.3, -0.25) is 4.90 Å². The highest BCUT2D eigenvalue weighted by Crippen LogP contribution is 2.24. The van der Waals surface area contributed by atoms with Crippen molar-refractivity contribution < 1.29 is 0 Å². The number of nitrogens with one attached hydrogen (secondary N) is 1. The van der Waals surface area contributed by atoms with E-state index in [0.29, 0.717) is 17.6 Å². The molecule has 0 aromatic heterocycles. The van der Waals surface area contributed by atoms with Crippen LogP contribution in [0, 0.1) is 0 Å². The molecule has 18 heavy (non-hydrogen) atoms. The summed E-state index contributed by atoms with van der Waals surface area (Å²) < 4.78 is 0. The lowest BCUT2D eigenvalue weighted by atomic mass is 9.92. The summed E-state index contributed by atoms with van der Waals surface area (Å²) in [5.41, 5.74) is 0.292. The molecule has 110 valence electrons. The van der Waals surface area contributed by atoms with Gasteiger partial charge in [0, 0.05) is 17.6 Å². The molecule has 0 radical (unpaired) electrons. The van der Waals surface area contributed by atoms with Gasteiger partial charge in [0.25, 0.3) is 0 Å². The summed E-state index contributed by atoms with van der Waals surface area (Å²) in [7, 11) is 2.30. The van der Waals surface area contributed by atoms with Crippen molar-refractivity contribution in [2.75, 3.05) is 13.6 Å². The van der Waals surface area contributed by atoms with E-state index in [2.05, 4.69) is 58.8 Å². The van der Waals surface area contributed by atoms with Crippen LogP contribution in [0.1, 0.15) is 73.6 Å². The van der Waals surface area contributed by atoms with Gasteiger partial charge in [0.1, 0.15) is 0 Å². The van der Waals surface area contributed by atoms with E-state index < -0.39 is 0 Å². The van der Waals surface area contributed by atoms with Crippen molar-refractivity contribution in [3.8, 4) is 0 Å². The fourth-order valence-electron chi connectivity index (χ4n) is 2.60. The normalized spacial score (nSPS) is 16.0. The predicted molar refractivity (Wildman–Crippen MR) is 83.2 cm³/mol. The Kier molecular flexibility index (Phi) is 8.89. The van der Waals surface area contributed by atoms with Gasteiger partial charge in [-0.1, -0.05) is 34.1 Å². The Hall–Kier alpha value is -0.0800. The van der Waals surface area contributed by atoms with Gasteiger partial charge in [-0.05, 0) is 53.1 Å². The molecule has 0 aliphatic rings. The molecule has 0 bridgehead atoms. The van der Waals surface area contributed by atoms with E-state index in [9.17, 15) is 0 Å². The van der Waals surface area contributed by atoms with Gasteiger partial charge in [0.05, 0.1) is 0 Å². The van der Waals surface area contributed by atoms with Crippen molar-refractivity contribution in [2.24, 2.45) is 0 Å². The van der Waals surface area contributed by atoms with E-state index in [4.69, 9.17) is 0 Å². The smallest absolute Gasteiger partial charge is 0.0248 e. The van der Waals surface area contributed by atoms with E-state index in [-0.39, 0.29) is 0 Å². The first kappa shape index (κ1) is 17.9. The average molecular weight is 256 g/mol. The van der Waals surface area contributed by atoms with Gasteiger partial charge in [-0.2, -0.15) is 0 Å². The molecule has 0 aromatic rings. The lowest BCUT2D eigenvalue weighted by Gasteiger charge is -2.44. The maximum Gasteiger partial charge on any atom is 0.0248 e. The molecule has 0 aromatic carbocycles. The van der Waals surface area contributed by atoms with E-state index in [1.807, 2.05) is 0 Å². The van der Waals surface area contributed by atoms with Crippen molar-refractivity contribution >= 4 is 0 Å². The molecule has 0 amide bonds. The van der Waals surface area contributed by atoms with Gasteiger partial charge in [0.2, 0.25) is 0 Å². The topological polar surface area (TPSA) is 15.3 Å². The molecule has 2 nitrogen and oxygen atoms in total. The SMILES string of the molecule is CCCNC(CCC)C(CC)N(C)C(C)(C)CC. The van der Waals surface area contributed by atoms with Crippen LogP contribution in [-0.4, -0.2) is 36.1 Å². The molecule has 0 saturated carbocycles. The standard InChI is InChI=1S/C16H36N2/c1-8-12-14(17-13-9-2)15(10-3)18(7)16(5,6)11-4/h14-15,17H,8-13H2,1-7H3. The Morgan fingerprint density at radius 2 is 1.67 bits per heavy atom. The lowest BCUT2D eigenvalue weighted by Crippen LogP contribution is -2.55. The number of rotatable bonds is 10. The van der Waals surface area contributed by atoms with Crippen molar-refractivity contribution in [1.29, 1.82) is 0 Å². The van der Waals surface area contributed by atoms with Crippen molar-refractivity contribution in [3.05, 3.63) is 0 Å². The number of hydrogen-bond donors (Lipinski definition) is 1. The van der Waals surface area contributed by atoms with Gasteiger partial charge >= 0.3 is 0 Å². The summed E-state index contributed by atoms with van der Waals surface area (Å²) in [5, 5.41) is 3.76. The van der Waals surface area contributed by atoms with Crippen molar-refractivity contribution in [1.82, 2.24) is 10.2 Å². The molecule has 2 unspecified atom stereocenters. The zero-order valence-corrected chi connectivity index (χ0v) is 13.8. The largest absolute Gasteiger partial charge is 0.312 e.